The second-order valence-electron chi connectivity index (χ2n) is 5.36. The highest BCUT2D eigenvalue weighted by Gasteiger charge is 2.16. The van der Waals surface area contributed by atoms with Gasteiger partial charge in [-0.05, 0) is 45.0 Å². The molecule has 1 aromatic carbocycles. The van der Waals surface area contributed by atoms with Crippen molar-refractivity contribution >= 4 is 17.7 Å². The molecule has 0 radical (unpaired) electrons. The highest BCUT2D eigenvalue weighted by molar-refractivity contribution is 7.99. The van der Waals surface area contributed by atoms with Gasteiger partial charge in [-0.15, -0.1) is 11.8 Å². The monoisotopic (exact) mass is 335 g/mol. The van der Waals surface area contributed by atoms with E-state index in [1.54, 1.807) is 7.11 Å². The molecule has 1 heterocycles. The average Bonchev–Trinajstić information content (AvgIpc) is 3.01. The molecule has 2 aromatic rings. The minimum Gasteiger partial charge on any atom is -0.497 e. The SMILES string of the molecule is COc1ccc(-c2nc(CSC(C)C(=O)NC(C)C)no2)cc1. The molecule has 1 aromatic heterocycles. The molecule has 1 unspecified atom stereocenters. The average molecular weight is 335 g/mol. The van der Waals surface area contributed by atoms with Gasteiger partial charge in [0.1, 0.15) is 5.75 Å². The van der Waals surface area contributed by atoms with Crippen LogP contribution in [0.5, 0.6) is 5.75 Å². The van der Waals surface area contributed by atoms with Crippen LogP contribution in [0.3, 0.4) is 0 Å². The van der Waals surface area contributed by atoms with Crippen molar-refractivity contribution in [2.75, 3.05) is 7.11 Å². The van der Waals surface area contributed by atoms with Crippen molar-refractivity contribution in [3.8, 4) is 17.2 Å². The minimum atomic E-state index is -0.166. The lowest BCUT2D eigenvalue weighted by Crippen LogP contribution is -2.35. The molecule has 0 fully saturated rings. The van der Waals surface area contributed by atoms with E-state index in [4.69, 9.17) is 9.26 Å². The number of carbonyl (C=O) groups excluding carboxylic acids is 1. The first kappa shape index (κ1) is 17.3. The fraction of sp³-hybridized carbons (Fsp3) is 0.438. The van der Waals surface area contributed by atoms with Crippen LogP contribution in [0.4, 0.5) is 0 Å². The first-order valence-corrected chi connectivity index (χ1v) is 8.43. The molecule has 1 amide bonds. The van der Waals surface area contributed by atoms with E-state index < -0.39 is 0 Å². The van der Waals surface area contributed by atoms with Crippen molar-refractivity contribution < 1.29 is 14.1 Å². The topological polar surface area (TPSA) is 77.2 Å². The zero-order chi connectivity index (χ0) is 16.8. The number of carbonyl (C=O) groups is 1. The van der Waals surface area contributed by atoms with E-state index in [0.29, 0.717) is 17.5 Å². The van der Waals surface area contributed by atoms with Crippen LogP contribution in [-0.4, -0.2) is 34.4 Å². The van der Waals surface area contributed by atoms with Crippen molar-refractivity contribution in [1.82, 2.24) is 15.5 Å². The van der Waals surface area contributed by atoms with Crippen LogP contribution in [0.25, 0.3) is 11.5 Å². The Hall–Kier alpha value is -2.02. The molecule has 124 valence electrons. The van der Waals surface area contributed by atoms with Gasteiger partial charge in [0.05, 0.1) is 18.1 Å². The number of amides is 1. The van der Waals surface area contributed by atoms with Crippen LogP contribution in [0.2, 0.25) is 0 Å². The van der Waals surface area contributed by atoms with Crippen LogP contribution in [0, 0.1) is 0 Å². The molecule has 2 rings (SSSR count). The molecule has 0 aliphatic heterocycles. The zero-order valence-electron chi connectivity index (χ0n) is 13.7. The smallest absolute Gasteiger partial charge is 0.257 e. The van der Waals surface area contributed by atoms with Crippen LogP contribution in [-0.2, 0) is 10.5 Å². The van der Waals surface area contributed by atoms with E-state index in [-0.39, 0.29) is 17.2 Å². The van der Waals surface area contributed by atoms with Gasteiger partial charge in [-0.25, -0.2) is 0 Å². The Labute approximate surface area is 140 Å². The highest BCUT2D eigenvalue weighted by Crippen LogP contribution is 2.22. The van der Waals surface area contributed by atoms with Gasteiger partial charge in [-0.3, -0.25) is 4.79 Å². The largest absolute Gasteiger partial charge is 0.497 e. The third-order valence-corrected chi connectivity index (χ3v) is 4.21. The molecule has 0 spiro atoms. The van der Waals surface area contributed by atoms with Crippen LogP contribution < -0.4 is 10.1 Å². The highest BCUT2D eigenvalue weighted by atomic mass is 32.2. The summed E-state index contributed by atoms with van der Waals surface area (Å²) in [6.45, 7) is 5.75. The fourth-order valence-corrected chi connectivity index (χ4v) is 2.58. The summed E-state index contributed by atoms with van der Waals surface area (Å²) in [6, 6.07) is 7.54. The Morgan fingerprint density at radius 1 is 1.30 bits per heavy atom. The Morgan fingerprint density at radius 3 is 2.61 bits per heavy atom. The maximum atomic E-state index is 11.9. The number of hydrogen-bond acceptors (Lipinski definition) is 6. The van der Waals surface area contributed by atoms with Crippen molar-refractivity contribution in [1.29, 1.82) is 0 Å². The fourth-order valence-electron chi connectivity index (χ4n) is 1.84. The number of methoxy groups -OCH3 is 1. The normalized spacial score (nSPS) is 12.2. The first-order chi connectivity index (χ1) is 11.0. The number of ether oxygens (including phenoxy) is 1. The lowest BCUT2D eigenvalue weighted by atomic mass is 10.2. The predicted octanol–water partition coefficient (Wildman–Crippen LogP) is 2.89. The summed E-state index contributed by atoms with van der Waals surface area (Å²) in [6.07, 6.45) is 0. The van der Waals surface area contributed by atoms with E-state index in [1.807, 2.05) is 45.0 Å². The van der Waals surface area contributed by atoms with Gasteiger partial charge in [-0.2, -0.15) is 4.98 Å². The molecule has 0 saturated heterocycles. The third-order valence-electron chi connectivity index (χ3n) is 3.07. The van der Waals surface area contributed by atoms with E-state index in [2.05, 4.69) is 15.5 Å². The van der Waals surface area contributed by atoms with Gasteiger partial charge >= 0.3 is 0 Å². The van der Waals surface area contributed by atoms with Crippen LogP contribution in [0.15, 0.2) is 28.8 Å². The molecule has 1 atom stereocenters. The van der Waals surface area contributed by atoms with Gasteiger partial charge in [0, 0.05) is 11.6 Å². The summed E-state index contributed by atoms with van der Waals surface area (Å²) in [5.41, 5.74) is 0.833. The molecule has 7 heteroatoms. The molecule has 1 N–H and O–H groups in total. The summed E-state index contributed by atoms with van der Waals surface area (Å²) >= 11 is 1.48. The van der Waals surface area contributed by atoms with E-state index in [9.17, 15) is 4.79 Å². The number of rotatable bonds is 7. The van der Waals surface area contributed by atoms with Gasteiger partial charge < -0.3 is 14.6 Å². The summed E-state index contributed by atoms with van der Waals surface area (Å²) in [5.74, 6) is 2.34. The molecule has 6 nitrogen and oxygen atoms in total. The quantitative estimate of drug-likeness (QED) is 0.838. The standard InChI is InChI=1S/C16H21N3O3S/c1-10(2)17-15(20)11(3)23-9-14-18-16(22-19-14)12-5-7-13(21-4)8-6-12/h5-8,10-11H,9H2,1-4H3,(H,17,20). The minimum absolute atomic E-state index is 0.0175. The number of hydrogen-bond donors (Lipinski definition) is 1. The van der Waals surface area contributed by atoms with Crippen LogP contribution in [0.1, 0.15) is 26.6 Å². The predicted molar refractivity (Wildman–Crippen MR) is 90.3 cm³/mol. The van der Waals surface area contributed by atoms with Crippen molar-refractivity contribution in [3.05, 3.63) is 30.1 Å². The van der Waals surface area contributed by atoms with E-state index >= 15 is 0 Å². The number of nitrogens with zero attached hydrogens (tertiary/aromatic N) is 2. The molecule has 0 aliphatic rings. The van der Waals surface area contributed by atoms with Crippen LogP contribution >= 0.6 is 11.8 Å². The Morgan fingerprint density at radius 2 is 2.00 bits per heavy atom. The first-order valence-electron chi connectivity index (χ1n) is 7.38. The second-order valence-corrected chi connectivity index (χ2v) is 6.69. The van der Waals surface area contributed by atoms with E-state index in [1.165, 1.54) is 11.8 Å². The number of benzene rings is 1. The van der Waals surface area contributed by atoms with Crippen molar-refractivity contribution in [3.63, 3.8) is 0 Å². The maximum absolute atomic E-state index is 11.9. The van der Waals surface area contributed by atoms with Gasteiger partial charge in [-0.1, -0.05) is 5.16 Å². The summed E-state index contributed by atoms with van der Waals surface area (Å²) < 4.78 is 10.4. The van der Waals surface area contributed by atoms with E-state index in [0.717, 1.165) is 11.3 Å². The lowest BCUT2D eigenvalue weighted by Gasteiger charge is -2.13. The second kappa shape index (κ2) is 8.01. The van der Waals surface area contributed by atoms with Gasteiger partial charge in [0.25, 0.3) is 5.89 Å². The Balaban J connectivity index is 1.92. The molecular formula is C16H21N3O3S. The van der Waals surface area contributed by atoms with Gasteiger partial charge in [0.15, 0.2) is 5.82 Å². The summed E-state index contributed by atoms with van der Waals surface area (Å²) in [5, 5.41) is 6.68. The maximum Gasteiger partial charge on any atom is 0.257 e. The summed E-state index contributed by atoms with van der Waals surface area (Å²) in [7, 11) is 1.62. The molecular weight excluding hydrogens is 314 g/mol. The number of aromatic nitrogens is 2. The van der Waals surface area contributed by atoms with Crippen molar-refractivity contribution in [2.24, 2.45) is 0 Å². The zero-order valence-corrected chi connectivity index (χ0v) is 14.5. The molecule has 0 aliphatic carbocycles. The van der Waals surface area contributed by atoms with Crippen molar-refractivity contribution in [2.45, 2.75) is 37.8 Å². The number of nitrogens with one attached hydrogen (secondary N) is 1. The summed E-state index contributed by atoms with van der Waals surface area (Å²) in [4.78, 5) is 16.2. The van der Waals surface area contributed by atoms with Gasteiger partial charge in [0.2, 0.25) is 5.91 Å². The Bertz CT molecular complexity index is 640. The Kier molecular flexibility index (Phi) is 6.04. The molecule has 0 bridgehead atoms. The molecule has 23 heavy (non-hydrogen) atoms. The number of thioether (sulfide) groups is 1. The molecule has 0 saturated carbocycles. The lowest BCUT2D eigenvalue weighted by molar-refractivity contribution is -0.120. The third kappa shape index (κ3) is 4.99.